The zero-order valence-electron chi connectivity index (χ0n) is 16.0. The molecular formula is C23H32N2O. The number of unbranched alkanes of at least 4 members (excludes halogenated alkanes) is 4. The molecule has 0 fully saturated rings. The Morgan fingerprint density at radius 1 is 0.808 bits per heavy atom. The first-order chi connectivity index (χ1) is 12.8. The van der Waals surface area contributed by atoms with Gasteiger partial charge in [-0.1, -0.05) is 74.7 Å². The molecule has 26 heavy (non-hydrogen) atoms. The largest absolute Gasteiger partial charge is 0.325 e. The zero-order chi connectivity index (χ0) is 18.5. The molecule has 2 amide bonds. The minimum atomic E-state index is 0.0207. The smallest absolute Gasteiger partial charge is 0.321 e. The molecule has 0 aliphatic heterocycles. The van der Waals surface area contributed by atoms with Crippen LogP contribution >= 0.6 is 0 Å². The number of aryl methyl sites for hydroxylation is 1. The first-order valence-electron chi connectivity index (χ1n) is 9.94. The predicted octanol–water partition coefficient (Wildman–Crippen LogP) is 6.12. The average molecular weight is 353 g/mol. The third-order valence-electron chi connectivity index (χ3n) is 4.58. The number of carbonyl (C=O) groups is 1. The fourth-order valence-corrected chi connectivity index (χ4v) is 3.04. The first kappa shape index (κ1) is 20.0. The summed E-state index contributed by atoms with van der Waals surface area (Å²) in [6, 6.07) is 20.3. The molecule has 0 saturated heterocycles. The number of anilines is 1. The molecule has 3 nitrogen and oxygen atoms in total. The van der Waals surface area contributed by atoms with Crippen molar-refractivity contribution >= 4 is 11.7 Å². The summed E-state index contributed by atoms with van der Waals surface area (Å²) in [6.45, 7) is 3.87. The molecular weight excluding hydrogens is 320 g/mol. The second kappa shape index (κ2) is 12.1. The highest BCUT2D eigenvalue weighted by Crippen LogP contribution is 2.10. The van der Waals surface area contributed by atoms with E-state index in [9.17, 15) is 4.79 Å². The summed E-state index contributed by atoms with van der Waals surface area (Å²) < 4.78 is 0. The molecule has 3 heteroatoms. The highest BCUT2D eigenvalue weighted by atomic mass is 16.2. The Balaban J connectivity index is 1.80. The Bertz CT molecular complexity index is 613. The van der Waals surface area contributed by atoms with Crippen LogP contribution in [0.5, 0.6) is 0 Å². The third-order valence-corrected chi connectivity index (χ3v) is 4.58. The van der Waals surface area contributed by atoms with Gasteiger partial charge in [0, 0.05) is 18.8 Å². The number of para-hydroxylation sites is 1. The number of hydrogen-bond donors (Lipinski definition) is 1. The molecule has 0 aromatic heterocycles. The van der Waals surface area contributed by atoms with Crippen molar-refractivity contribution in [2.45, 2.75) is 51.9 Å². The van der Waals surface area contributed by atoms with Crippen molar-refractivity contribution in [2.24, 2.45) is 0 Å². The van der Waals surface area contributed by atoms with E-state index in [1.807, 2.05) is 35.2 Å². The van der Waals surface area contributed by atoms with Crippen molar-refractivity contribution in [3.05, 3.63) is 66.2 Å². The molecule has 2 aromatic rings. The van der Waals surface area contributed by atoms with Gasteiger partial charge in [-0.15, -0.1) is 0 Å². The Morgan fingerprint density at radius 3 is 2.08 bits per heavy atom. The van der Waals surface area contributed by atoms with Crippen LogP contribution in [0.15, 0.2) is 60.7 Å². The van der Waals surface area contributed by atoms with Crippen molar-refractivity contribution in [1.29, 1.82) is 0 Å². The van der Waals surface area contributed by atoms with Crippen molar-refractivity contribution in [3.8, 4) is 0 Å². The fourth-order valence-electron chi connectivity index (χ4n) is 3.04. The van der Waals surface area contributed by atoms with Gasteiger partial charge in [0.15, 0.2) is 0 Å². The summed E-state index contributed by atoms with van der Waals surface area (Å²) in [5, 5.41) is 3.03. The number of amides is 2. The summed E-state index contributed by atoms with van der Waals surface area (Å²) in [6.07, 6.45) is 7.93. The van der Waals surface area contributed by atoms with Crippen LogP contribution in [0.2, 0.25) is 0 Å². The molecule has 2 rings (SSSR count). The van der Waals surface area contributed by atoms with Crippen LogP contribution in [-0.4, -0.2) is 24.0 Å². The van der Waals surface area contributed by atoms with Gasteiger partial charge in [0.1, 0.15) is 0 Å². The van der Waals surface area contributed by atoms with Crippen LogP contribution in [0, 0.1) is 0 Å². The van der Waals surface area contributed by atoms with Crippen LogP contribution in [0.1, 0.15) is 51.0 Å². The van der Waals surface area contributed by atoms with Gasteiger partial charge < -0.3 is 10.2 Å². The molecule has 0 atom stereocenters. The Kier molecular flexibility index (Phi) is 9.34. The van der Waals surface area contributed by atoms with E-state index in [0.717, 1.165) is 44.5 Å². The number of hydrogen-bond acceptors (Lipinski definition) is 1. The SMILES string of the molecule is CCCCCCN(CCCCc1ccccc1)C(=O)Nc1ccccc1. The van der Waals surface area contributed by atoms with Gasteiger partial charge in [-0.2, -0.15) is 0 Å². The first-order valence-corrected chi connectivity index (χ1v) is 9.94. The topological polar surface area (TPSA) is 32.3 Å². The normalized spacial score (nSPS) is 10.5. The molecule has 0 aliphatic carbocycles. The zero-order valence-corrected chi connectivity index (χ0v) is 16.0. The lowest BCUT2D eigenvalue weighted by atomic mass is 10.1. The number of carbonyl (C=O) groups excluding carboxylic acids is 1. The number of nitrogens with zero attached hydrogens (tertiary/aromatic N) is 1. The van der Waals surface area contributed by atoms with Gasteiger partial charge in [0.25, 0.3) is 0 Å². The lowest BCUT2D eigenvalue weighted by Crippen LogP contribution is -2.36. The maximum Gasteiger partial charge on any atom is 0.321 e. The van der Waals surface area contributed by atoms with Crippen molar-refractivity contribution in [3.63, 3.8) is 0 Å². The molecule has 0 unspecified atom stereocenters. The molecule has 1 N–H and O–H groups in total. The fraction of sp³-hybridized carbons (Fsp3) is 0.435. The maximum atomic E-state index is 12.7. The number of rotatable bonds is 11. The number of benzene rings is 2. The lowest BCUT2D eigenvalue weighted by Gasteiger charge is -2.23. The average Bonchev–Trinajstić information content (AvgIpc) is 2.68. The minimum Gasteiger partial charge on any atom is -0.325 e. The van der Waals surface area contributed by atoms with Crippen LogP contribution in [0.3, 0.4) is 0 Å². The maximum absolute atomic E-state index is 12.7. The van der Waals surface area contributed by atoms with Gasteiger partial charge in [-0.05, 0) is 43.4 Å². The molecule has 0 aliphatic rings. The van der Waals surface area contributed by atoms with Gasteiger partial charge in [0.2, 0.25) is 0 Å². The molecule has 0 saturated carbocycles. The summed E-state index contributed by atoms with van der Waals surface area (Å²) >= 11 is 0. The van der Waals surface area contributed by atoms with E-state index in [1.165, 1.54) is 24.8 Å². The quantitative estimate of drug-likeness (QED) is 0.485. The van der Waals surface area contributed by atoms with Gasteiger partial charge in [-0.25, -0.2) is 4.79 Å². The standard InChI is InChI=1S/C23H32N2O/c1-2-3-4-12-19-25(23(26)24-22-17-9-6-10-18-22)20-13-11-16-21-14-7-5-8-15-21/h5-10,14-15,17-18H,2-4,11-13,16,19-20H2,1H3,(H,24,26). The van der Waals surface area contributed by atoms with Gasteiger partial charge in [0.05, 0.1) is 0 Å². The summed E-state index contributed by atoms with van der Waals surface area (Å²) in [4.78, 5) is 14.6. The second-order valence-electron chi connectivity index (χ2n) is 6.79. The van der Waals surface area contributed by atoms with Crippen LogP contribution in [-0.2, 0) is 6.42 Å². The molecule has 0 radical (unpaired) electrons. The van der Waals surface area contributed by atoms with Gasteiger partial charge >= 0.3 is 6.03 Å². The van der Waals surface area contributed by atoms with Crippen LogP contribution in [0.4, 0.5) is 10.5 Å². The molecule has 0 heterocycles. The highest BCUT2D eigenvalue weighted by Gasteiger charge is 2.13. The number of nitrogens with one attached hydrogen (secondary N) is 1. The van der Waals surface area contributed by atoms with Crippen molar-refractivity contribution in [1.82, 2.24) is 4.90 Å². The van der Waals surface area contributed by atoms with Crippen LogP contribution in [0.25, 0.3) is 0 Å². The van der Waals surface area contributed by atoms with E-state index in [4.69, 9.17) is 0 Å². The number of urea groups is 1. The predicted molar refractivity (Wildman–Crippen MR) is 111 cm³/mol. The summed E-state index contributed by atoms with van der Waals surface area (Å²) in [5.74, 6) is 0. The van der Waals surface area contributed by atoms with E-state index < -0.39 is 0 Å². The monoisotopic (exact) mass is 352 g/mol. The highest BCUT2D eigenvalue weighted by molar-refractivity contribution is 5.89. The van der Waals surface area contributed by atoms with E-state index in [2.05, 4.69) is 42.6 Å². The lowest BCUT2D eigenvalue weighted by molar-refractivity contribution is 0.209. The van der Waals surface area contributed by atoms with Crippen LogP contribution < -0.4 is 5.32 Å². The third kappa shape index (κ3) is 7.73. The molecule has 0 bridgehead atoms. The Hall–Kier alpha value is -2.29. The van der Waals surface area contributed by atoms with E-state index in [1.54, 1.807) is 0 Å². The minimum absolute atomic E-state index is 0.0207. The Labute approximate surface area is 158 Å². The van der Waals surface area contributed by atoms with Crippen molar-refractivity contribution in [2.75, 3.05) is 18.4 Å². The van der Waals surface area contributed by atoms with E-state index in [0.29, 0.717) is 0 Å². The molecule has 0 spiro atoms. The molecule has 2 aromatic carbocycles. The second-order valence-corrected chi connectivity index (χ2v) is 6.79. The van der Waals surface area contributed by atoms with Gasteiger partial charge in [-0.3, -0.25) is 0 Å². The summed E-state index contributed by atoms with van der Waals surface area (Å²) in [7, 11) is 0. The van der Waals surface area contributed by atoms with E-state index in [-0.39, 0.29) is 6.03 Å². The van der Waals surface area contributed by atoms with E-state index >= 15 is 0 Å². The molecule has 140 valence electrons. The Morgan fingerprint density at radius 2 is 1.42 bits per heavy atom. The summed E-state index contributed by atoms with van der Waals surface area (Å²) in [5.41, 5.74) is 2.23. The van der Waals surface area contributed by atoms with Crippen molar-refractivity contribution < 1.29 is 4.79 Å².